The van der Waals surface area contributed by atoms with Gasteiger partial charge in [-0.15, -0.1) is 11.8 Å². The lowest BCUT2D eigenvalue weighted by Gasteiger charge is -2.16. The fraction of sp³-hybridized carbons (Fsp3) is 0.0370. The number of amides is 1. The average molecular weight is 532 g/mol. The van der Waals surface area contributed by atoms with Crippen molar-refractivity contribution < 1.29 is 13.2 Å². The average Bonchev–Trinajstić information content (AvgIpc) is 3.31. The first kappa shape index (κ1) is 24.1. The molecule has 0 aliphatic carbocycles. The highest BCUT2D eigenvalue weighted by atomic mass is 32.2. The highest BCUT2D eigenvalue weighted by Crippen LogP contribution is 2.37. The number of thiazole rings is 1. The van der Waals surface area contributed by atoms with Gasteiger partial charge in [0.25, 0.3) is 10.0 Å². The number of para-hydroxylation sites is 1. The number of nitrogens with one attached hydrogen (secondary N) is 2. The Hall–Kier alpha value is -3.66. The first-order valence-electron chi connectivity index (χ1n) is 11.0. The Morgan fingerprint density at radius 3 is 2.14 bits per heavy atom. The number of sulfonamides is 1. The van der Waals surface area contributed by atoms with E-state index >= 15 is 0 Å². The molecule has 1 unspecified atom stereocenters. The fourth-order valence-electron chi connectivity index (χ4n) is 3.55. The van der Waals surface area contributed by atoms with Crippen LogP contribution in [0.5, 0.6) is 0 Å². The summed E-state index contributed by atoms with van der Waals surface area (Å²) >= 11 is 2.82. The molecule has 4 aromatic carbocycles. The molecular weight excluding hydrogens is 511 g/mol. The molecule has 9 heteroatoms. The van der Waals surface area contributed by atoms with Gasteiger partial charge in [-0.2, -0.15) is 0 Å². The Balaban J connectivity index is 1.34. The molecule has 0 saturated carbocycles. The van der Waals surface area contributed by atoms with E-state index in [1.54, 1.807) is 54.6 Å². The summed E-state index contributed by atoms with van der Waals surface area (Å²) in [6.07, 6.45) is 0. The van der Waals surface area contributed by atoms with Crippen LogP contribution in [0.25, 0.3) is 10.2 Å². The summed E-state index contributed by atoms with van der Waals surface area (Å²) in [6.45, 7) is 0. The molecule has 0 radical (unpaired) electrons. The Labute approximate surface area is 217 Å². The number of nitrogens with zero attached hydrogens (tertiary/aromatic N) is 1. The van der Waals surface area contributed by atoms with Crippen LogP contribution in [-0.2, 0) is 14.8 Å². The SMILES string of the molecule is O=C(Nc1nc2ccccc2s1)C(Sc1ccc(NS(=O)(=O)c2ccccc2)cc1)c1ccccc1. The Morgan fingerprint density at radius 1 is 0.806 bits per heavy atom. The van der Waals surface area contributed by atoms with Crippen LogP contribution in [0.3, 0.4) is 0 Å². The van der Waals surface area contributed by atoms with Crippen molar-refractivity contribution in [1.82, 2.24) is 4.98 Å². The molecule has 36 heavy (non-hydrogen) atoms. The molecule has 1 aromatic heterocycles. The summed E-state index contributed by atoms with van der Waals surface area (Å²) < 4.78 is 28.8. The minimum Gasteiger partial charge on any atom is -0.301 e. The molecule has 0 bridgehead atoms. The maximum Gasteiger partial charge on any atom is 0.261 e. The Kier molecular flexibility index (Phi) is 7.04. The van der Waals surface area contributed by atoms with Crippen molar-refractivity contribution in [1.29, 1.82) is 0 Å². The van der Waals surface area contributed by atoms with Crippen molar-refractivity contribution >= 4 is 60.1 Å². The molecule has 0 aliphatic heterocycles. The standard InChI is InChI=1S/C27H21N3O3S3/c31-26(29-27-28-23-13-7-8-14-24(23)35-27)25(19-9-3-1-4-10-19)34-21-17-15-20(16-18-21)30-36(32,33)22-11-5-2-6-12-22/h1-18,25,30H,(H,28,29,31). The van der Waals surface area contributed by atoms with Gasteiger partial charge in [-0.3, -0.25) is 9.52 Å². The molecule has 1 atom stereocenters. The monoisotopic (exact) mass is 531 g/mol. The smallest absolute Gasteiger partial charge is 0.261 e. The molecule has 1 heterocycles. The zero-order chi connectivity index (χ0) is 25.0. The van der Waals surface area contributed by atoms with Crippen LogP contribution in [0.2, 0.25) is 0 Å². The Morgan fingerprint density at radius 2 is 1.44 bits per heavy atom. The molecule has 6 nitrogen and oxygen atoms in total. The molecule has 5 rings (SSSR count). The molecule has 5 aromatic rings. The molecule has 180 valence electrons. The molecule has 0 spiro atoms. The van der Waals surface area contributed by atoms with E-state index in [4.69, 9.17) is 0 Å². The number of aromatic nitrogens is 1. The van der Waals surface area contributed by atoms with E-state index in [9.17, 15) is 13.2 Å². The van der Waals surface area contributed by atoms with Gasteiger partial charge in [0.15, 0.2) is 5.13 Å². The van der Waals surface area contributed by atoms with Gasteiger partial charge in [0.1, 0.15) is 5.25 Å². The molecule has 0 saturated heterocycles. The van der Waals surface area contributed by atoms with Crippen molar-refractivity contribution in [3.8, 4) is 0 Å². The minimum atomic E-state index is -3.68. The number of thioether (sulfide) groups is 1. The summed E-state index contributed by atoms with van der Waals surface area (Å²) in [7, 11) is -3.68. The molecule has 2 N–H and O–H groups in total. The lowest BCUT2D eigenvalue weighted by atomic mass is 10.1. The van der Waals surface area contributed by atoms with Gasteiger partial charge in [0, 0.05) is 10.6 Å². The fourth-order valence-corrected chi connectivity index (χ4v) is 6.52. The van der Waals surface area contributed by atoms with Gasteiger partial charge in [-0.05, 0) is 54.1 Å². The maximum atomic E-state index is 13.3. The third-order valence-corrected chi connectivity index (χ3v) is 8.89. The van der Waals surface area contributed by atoms with E-state index in [0.29, 0.717) is 10.8 Å². The first-order chi connectivity index (χ1) is 17.5. The summed E-state index contributed by atoms with van der Waals surface area (Å²) in [5.41, 5.74) is 2.14. The number of anilines is 2. The third kappa shape index (κ3) is 5.59. The van der Waals surface area contributed by atoms with Crippen LogP contribution in [0.1, 0.15) is 10.8 Å². The van der Waals surface area contributed by atoms with Crippen LogP contribution in [0, 0.1) is 0 Å². The van der Waals surface area contributed by atoms with Crippen LogP contribution in [0.15, 0.2) is 119 Å². The van der Waals surface area contributed by atoms with Gasteiger partial charge in [-0.1, -0.05) is 72.0 Å². The van der Waals surface area contributed by atoms with E-state index in [1.165, 1.54) is 23.1 Å². The maximum absolute atomic E-state index is 13.3. The van der Waals surface area contributed by atoms with Gasteiger partial charge in [0.2, 0.25) is 5.91 Å². The predicted molar refractivity (Wildman–Crippen MR) is 147 cm³/mol. The number of rotatable bonds is 8. The number of carbonyl (C=O) groups is 1. The minimum absolute atomic E-state index is 0.181. The molecular formula is C27H21N3O3S3. The molecule has 0 aliphatic rings. The Bertz CT molecular complexity index is 1550. The summed E-state index contributed by atoms with van der Waals surface area (Å²) in [5.74, 6) is -0.181. The molecule has 1 amide bonds. The number of fused-ring (bicyclic) bond motifs is 1. The van der Waals surface area contributed by atoms with Gasteiger partial charge in [-0.25, -0.2) is 13.4 Å². The number of hydrogen-bond donors (Lipinski definition) is 2. The largest absolute Gasteiger partial charge is 0.301 e. The highest BCUT2D eigenvalue weighted by molar-refractivity contribution is 8.00. The van der Waals surface area contributed by atoms with E-state index in [0.717, 1.165) is 20.7 Å². The van der Waals surface area contributed by atoms with Gasteiger partial charge >= 0.3 is 0 Å². The quantitative estimate of drug-likeness (QED) is 0.221. The lowest BCUT2D eigenvalue weighted by Crippen LogP contribution is -2.18. The number of benzene rings is 4. The van der Waals surface area contributed by atoms with Crippen molar-refractivity contribution in [3.05, 3.63) is 115 Å². The van der Waals surface area contributed by atoms with Crippen molar-refractivity contribution in [3.63, 3.8) is 0 Å². The van der Waals surface area contributed by atoms with Gasteiger partial charge < -0.3 is 5.32 Å². The first-order valence-corrected chi connectivity index (χ1v) is 14.2. The van der Waals surface area contributed by atoms with Crippen LogP contribution < -0.4 is 10.0 Å². The van der Waals surface area contributed by atoms with Crippen molar-refractivity contribution in [2.24, 2.45) is 0 Å². The predicted octanol–water partition coefficient (Wildman–Crippen LogP) is 6.57. The number of carbonyl (C=O) groups excluding carboxylic acids is 1. The highest BCUT2D eigenvalue weighted by Gasteiger charge is 2.23. The van der Waals surface area contributed by atoms with Crippen LogP contribution in [0.4, 0.5) is 10.8 Å². The van der Waals surface area contributed by atoms with Crippen LogP contribution >= 0.6 is 23.1 Å². The lowest BCUT2D eigenvalue weighted by molar-refractivity contribution is -0.115. The van der Waals surface area contributed by atoms with Crippen molar-refractivity contribution in [2.45, 2.75) is 15.0 Å². The topological polar surface area (TPSA) is 88.2 Å². The summed E-state index contributed by atoms with van der Waals surface area (Å²) in [6, 6.07) is 32.5. The second-order valence-corrected chi connectivity index (χ2v) is 11.7. The second-order valence-electron chi connectivity index (χ2n) is 7.83. The number of hydrogen-bond acceptors (Lipinski definition) is 6. The third-order valence-electron chi connectivity index (χ3n) is 5.28. The zero-order valence-corrected chi connectivity index (χ0v) is 21.3. The second kappa shape index (κ2) is 10.5. The molecule has 0 fully saturated rings. The summed E-state index contributed by atoms with van der Waals surface area (Å²) in [4.78, 5) is 18.9. The van der Waals surface area contributed by atoms with E-state index in [1.807, 2.05) is 54.6 Å². The normalized spacial score (nSPS) is 12.2. The zero-order valence-electron chi connectivity index (χ0n) is 18.9. The van der Waals surface area contributed by atoms with E-state index in [2.05, 4.69) is 15.0 Å². The van der Waals surface area contributed by atoms with Crippen molar-refractivity contribution in [2.75, 3.05) is 10.0 Å². The summed E-state index contributed by atoms with van der Waals surface area (Å²) in [5, 5.41) is 2.99. The van der Waals surface area contributed by atoms with E-state index in [-0.39, 0.29) is 10.8 Å². The van der Waals surface area contributed by atoms with Gasteiger partial charge in [0.05, 0.1) is 15.1 Å². The van der Waals surface area contributed by atoms with Crippen LogP contribution in [-0.4, -0.2) is 19.3 Å². The van der Waals surface area contributed by atoms with E-state index < -0.39 is 15.3 Å².